The number of hydrogen-bond acceptors (Lipinski definition) is 4. The van der Waals surface area contributed by atoms with Crippen LogP contribution in [0.4, 0.5) is 17.1 Å². The van der Waals surface area contributed by atoms with Crippen LogP contribution in [0.5, 0.6) is 0 Å². The summed E-state index contributed by atoms with van der Waals surface area (Å²) in [6, 6.07) is 24.0. The first-order valence-electron chi connectivity index (χ1n) is 13.1. The van der Waals surface area contributed by atoms with Gasteiger partial charge in [0.1, 0.15) is 0 Å². The molecule has 1 unspecified atom stereocenters. The summed E-state index contributed by atoms with van der Waals surface area (Å²) >= 11 is 0. The zero-order valence-corrected chi connectivity index (χ0v) is 23.0. The monoisotopic (exact) mass is 505 g/mol. The lowest BCUT2D eigenvalue weighted by Crippen LogP contribution is -2.23. The fourth-order valence-electron chi connectivity index (χ4n) is 6.12. The number of nitrogens with zero attached hydrogens (tertiary/aromatic N) is 3. The molecule has 38 heavy (non-hydrogen) atoms. The van der Waals surface area contributed by atoms with Gasteiger partial charge in [-0.15, -0.1) is 0 Å². The predicted molar refractivity (Wildman–Crippen MR) is 157 cm³/mol. The van der Waals surface area contributed by atoms with E-state index in [1.165, 1.54) is 33.9 Å². The van der Waals surface area contributed by atoms with Gasteiger partial charge in [0.05, 0.1) is 4.92 Å². The molecule has 0 aromatic heterocycles. The Bertz CT molecular complexity index is 1480. The van der Waals surface area contributed by atoms with Crippen LogP contribution >= 0.6 is 0 Å². The molecule has 3 aromatic carbocycles. The van der Waals surface area contributed by atoms with Gasteiger partial charge in [-0.3, -0.25) is 10.1 Å². The molecule has 2 aliphatic rings. The molecule has 5 heteroatoms. The lowest BCUT2D eigenvalue weighted by molar-refractivity contribution is -0.384. The van der Waals surface area contributed by atoms with Gasteiger partial charge in [-0.25, -0.2) is 0 Å². The number of hydrogen-bond donors (Lipinski definition) is 0. The molecule has 194 valence electrons. The summed E-state index contributed by atoms with van der Waals surface area (Å²) < 4.78 is 0. The molecular formula is C33H35N3O2. The summed E-state index contributed by atoms with van der Waals surface area (Å²) in [5.41, 5.74) is 8.36. The number of fused-ring (bicyclic) bond motifs is 2. The maximum absolute atomic E-state index is 11.3. The number of rotatable bonds is 5. The molecule has 0 N–H and O–H groups in total. The van der Waals surface area contributed by atoms with E-state index in [2.05, 4.69) is 124 Å². The van der Waals surface area contributed by atoms with Gasteiger partial charge >= 0.3 is 0 Å². The molecule has 0 saturated heterocycles. The Morgan fingerprint density at radius 1 is 0.763 bits per heavy atom. The van der Waals surface area contributed by atoms with Crippen LogP contribution in [0.15, 0.2) is 108 Å². The number of non-ortho nitro benzene ring substituents is 1. The quantitative estimate of drug-likeness (QED) is 0.262. The molecular weight excluding hydrogens is 470 g/mol. The fraction of sp³-hybridized carbons (Fsp3) is 0.273. The highest BCUT2D eigenvalue weighted by Gasteiger charge is 2.39. The molecule has 0 aliphatic carbocycles. The Morgan fingerprint density at radius 3 is 1.79 bits per heavy atom. The minimum absolute atomic E-state index is 0.0594. The van der Waals surface area contributed by atoms with E-state index in [1.54, 1.807) is 12.1 Å². The van der Waals surface area contributed by atoms with E-state index < -0.39 is 0 Å². The van der Waals surface area contributed by atoms with E-state index in [-0.39, 0.29) is 27.4 Å². The van der Waals surface area contributed by atoms with Gasteiger partial charge in [-0.05, 0) is 34.9 Å². The van der Waals surface area contributed by atoms with Crippen molar-refractivity contribution >= 4 is 17.1 Å². The Balaban J connectivity index is 1.55. The van der Waals surface area contributed by atoms with Gasteiger partial charge < -0.3 is 9.80 Å². The average molecular weight is 506 g/mol. The highest BCUT2D eigenvalue weighted by molar-refractivity contribution is 5.71. The largest absolute Gasteiger partial charge is 0.347 e. The molecule has 0 bridgehead atoms. The third-order valence-corrected chi connectivity index (χ3v) is 8.28. The highest BCUT2D eigenvalue weighted by atomic mass is 16.6. The second-order valence-electron chi connectivity index (χ2n) is 11.3. The summed E-state index contributed by atoms with van der Waals surface area (Å²) in [6.45, 7) is 9.04. The normalized spacial score (nSPS) is 20.3. The first kappa shape index (κ1) is 25.5. The third kappa shape index (κ3) is 4.12. The molecule has 0 fully saturated rings. The molecule has 2 heterocycles. The maximum atomic E-state index is 11.3. The van der Waals surface area contributed by atoms with Crippen molar-refractivity contribution < 1.29 is 4.92 Å². The van der Waals surface area contributed by atoms with Gasteiger partial charge in [-0.2, -0.15) is 0 Å². The molecule has 5 nitrogen and oxygen atoms in total. The molecule has 0 amide bonds. The molecule has 3 aromatic rings. The lowest BCUT2D eigenvalue weighted by Gasteiger charge is -2.26. The smallest absolute Gasteiger partial charge is 0.269 e. The molecule has 2 aliphatic heterocycles. The number of para-hydroxylation sites is 2. The minimum atomic E-state index is -0.350. The van der Waals surface area contributed by atoms with E-state index in [0.29, 0.717) is 0 Å². The van der Waals surface area contributed by atoms with Crippen LogP contribution in [0.3, 0.4) is 0 Å². The van der Waals surface area contributed by atoms with Crippen molar-refractivity contribution in [2.24, 2.45) is 0 Å². The van der Waals surface area contributed by atoms with Gasteiger partial charge in [0.15, 0.2) is 0 Å². The van der Waals surface area contributed by atoms with E-state index in [1.807, 2.05) is 12.1 Å². The van der Waals surface area contributed by atoms with Gasteiger partial charge in [0, 0.05) is 65.7 Å². The summed E-state index contributed by atoms with van der Waals surface area (Å²) in [6.07, 6.45) is 8.84. The Kier molecular flexibility index (Phi) is 6.26. The summed E-state index contributed by atoms with van der Waals surface area (Å²) in [5, 5.41) is 11.3. The van der Waals surface area contributed by atoms with E-state index in [9.17, 15) is 10.1 Å². The first-order valence-corrected chi connectivity index (χ1v) is 13.1. The van der Waals surface area contributed by atoms with Crippen molar-refractivity contribution in [1.29, 1.82) is 0 Å². The summed E-state index contributed by atoms with van der Waals surface area (Å²) in [5.74, 6) is -0.0594. The maximum Gasteiger partial charge on any atom is 0.269 e. The van der Waals surface area contributed by atoms with Crippen molar-refractivity contribution in [3.63, 3.8) is 0 Å². The highest BCUT2D eigenvalue weighted by Crippen LogP contribution is 2.48. The standard InChI is InChI=1S/C33H35N3O2/c1-32(2)26-13-7-9-15-28(26)34(5)30(32)17-11-12-24(23-18-20-25(21-19-23)36(37)38)22-31-33(3,4)27-14-8-10-16-29(27)35(31)6/h7-22,24H,1-6H3/b12-11+,30-17-,31-22+. The van der Waals surface area contributed by atoms with Gasteiger partial charge in [0.2, 0.25) is 0 Å². The number of anilines is 2. The first-order chi connectivity index (χ1) is 18.0. The van der Waals surface area contributed by atoms with E-state index in [4.69, 9.17) is 0 Å². The zero-order valence-electron chi connectivity index (χ0n) is 23.0. The fourth-order valence-corrected chi connectivity index (χ4v) is 6.12. The molecule has 0 spiro atoms. The van der Waals surface area contributed by atoms with Crippen LogP contribution in [0.25, 0.3) is 0 Å². The molecule has 0 radical (unpaired) electrons. The number of benzene rings is 3. The number of nitro benzene ring substituents is 1. The van der Waals surface area contributed by atoms with Crippen LogP contribution in [0.2, 0.25) is 0 Å². The SMILES string of the molecule is CN1/C(=C\C=C\C(/C=C2/N(C)c3ccccc3C2(C)C)c2ccc([N+](=O)[O-])cc2)C(C)(C)c2ccccc21. The van der Waals surface area contributed by atoms with Crippen LogP contribution in [0, 0.1) is 10.1 Å². The third-order valence-electron chi connectivity index (χ3n) is 8.28. The summed E-state index contributed by atoms with van der Waals surface area (Å²) in [7, 11) is 4.24. The summed E-state index contributed by atoms with van der Waals surface area (Å²) in [4.78, 5) is 15.5. The van der Waals surface area contributed by atoms with Crippen molar-refractivity contribution in [3.05, 3.63) is 135 Å². The molecule has 0 saturated carbocycles. The van der Waals surface area contributed by atoms with Crippen molar-refractivity contribution in [2.75, 3.05) is 23.9 Å². The van der Waals surface area contributed by atoms with Gasteiger partial charge in [0.25, 0.3) is 5.69 Å². The second-order valence-corrected chi connectivity index (χ2v) is 11.3. The van der Waals surface area contributed by atoms with Crippen LogP contribution in [0.1, 0.15) is 50.3 Å². The average Bonchev–Trinajstić information content (AvgIpc) is 3.22. The Morgan fingerprint density at radius 2 is 1.26 bits per heavy atom. The lowest BCUT2D eigenvalue weighted by atomic mass is 9.82. The van der Waals surface area contributed by atoms with E-state index >= 15 is 0 Å². The number of likely N-dealkylation sites (N-methyl/N-ethyl adjacent to an activating group) is 2. The molecule has 5 rings (SSSR count). The predicted octanol–water partition coefficient (Wildman–Crippen LogP) is 7.86. The van der Waals surface area contributed by atoms with Crippen LogP contribution in [-0.4, -0.2) is 19.0 Å². The van der Waals surface area contributed by atoms with E-state index in [0.717, 1.165) is 5.56 Å². The van der Waals surface area contributed by atoms with Crippen LogP contribution < -0.4 is 9.80 Å². The molecule has 1 atom stereocenters. The van der Waals surface area contributed by atoms with Crippen LogP contribution in [-0.2, 0) is 10.8 Å². The van der Waals surface area contributed by atoms with Crippen molar-refractivity contribution in [2.45, 2.75) is 44.4 Å². The number of allylic oxidation sites excluding steroid dienone is 6. The number of nitro groups is 1. The minimum Gasteiger partial charge on any atom is -0.347 e. The Labute approximate surface area is 225 Å². The topological polar surface area (TPSA) is 49.6 Å². The van der Waals surface area contributed by atoms with Crippen molar-refractivity contribution in [3.8, 4) is 0 Å². The zero-order chi connectivity index (χ0) is 27.2. The Hall–Kier alpha value is -4.12. The second kappa shape index (κ2) is 9.32. The van der Waals surface area contributed by atoms with Crippen molar-refractivity contribution in [1.82, 2.24) is 0 Å². The van der Waals surface area contributed by atoms with Gasteiger partial charge in [-0.1, -0.05) is 94.5 Å².